The zero-order valence-corrected chi connectivity index (χ0v) is 10.6. The summed E-state index contributed by atoms with van der Waals surface area (Å²) in [4.78, 5) is 13.9. The molecule has 14 heavy (non-hydrogen) atoms. The number of aliphatic imine (C=N–C) groups is 1. The lowest BCUT2D eigenvalue weighted by molar-refractivity contribution is -0.0833. The van der Waals surface area contributed by atoms with Gasteiger partial charge in [0.2, 0.25) is 6.08 Å². The fourth-order valence-electron chi connectivity index (χ4n) is 1.16. The Bertz CT molecular complexity index is 177. The van der Waals surface area contributed by atoms with Crippen LogP contribution >= 0.6 is 0 Å². The van der Waals surface area contributed by atoms with Gasteiger partial charge < -0.3 is 9.47 Å². The highest BCUT2D eigenvalue weighted by molar-refractivity contribution is 6.39. The third-order valence-corrected chi connectivity index (χ3v) is 4.04. The lowest BCUT2D eigenvalue weighted by atomic mass is 10.5. The highest BCUT2D eigenvalue weighted by Crippen LogP contribution is 2.01. The van der Waals surface area contributed by atoms with E-state index in [1.807, 2.05) is 20.8 Å². The second-order valence-corrected chi connectivity index (χ2v) is 4.94. The van der Waals surface area contributed by atoms with Gasteiger partial charge in [-0.05, 0) is 20.3 Å². The average Bonchev–Trinajstić information content (AvgIpc) is 2.18. The van der Waals surface area contributed by atoms with Crippen molar-refractivity contribution in [2.75, 3.05) is 13.2 Å². The summed E-state index contributed by atoms with van der Waals surface area (Å²) in [6.07, 6.45) is 2.47. The van der Waals surface area contributed by atoms with Gasteiger partial charge in [-0.25, -0.2) is 9.79 Å². The standard InChI is InChI=1S/C9H19NO3Si/c1-4-8(10-7-11)14-9(12-5-2)13-6-3/h8-9H,4-6,14H2,1-3H3. The smallest absolute Gasteiger partial charge is 0.234 e. The van der Waals surface area contributed by atoms with Gasteiger partial charge in [0.05, 0.1) is 5.67 Å². The number of carbonyl (C=O) groups excluding carboxylic acids is 1. The quantitative estimate of drug-likeness (QED) is 0.259. The van der Waals surface area contributed by atoms with Gasteiger partial charge in [0.15, 0.2) is 0 Å². The van der Waals surface area contributed by atoms with E-state index in [4.69, 9.17) is 9.47 Å². The van der Waals surface area contributed by atoms with Crippen molar-refractivity contribution in [1.82, 2.24) is 0 Å². The number of hydrogen-bond donors (Lipinski definition) is 0. The van der Waals surface area contributed by atoms with Crippen LogP contribution in [0.4, 0.5) is 0 Å². The number of nitrogens with zero attached hydrogens (tertiary/aromatic N) is 1. The Hall–Kier alpha value is -0.483. The normalized spacial score (nSPS) is 13.4. The Balaban J connectivity index is 4.02. The molecule has 1 atom stereocenters. The minimum Gasteiger partial charge on any atom is -0.357 e. The third kappa shape index (κ3) is 6.04. The molecular formula is C9H19NO3Si. The van der Waals surface area contributed by atoms with Gasteiger partial charge >= 0.3 is 0 Å². The van der Waals surface area contributed by atoms with Gasteiger partial charge in [0.25, 0.3) is 0 Å². The molecule has 0 saturated heterocycles. The second-order valence-electron chi connectivity index (χ2n) is 2.86. The Kier molecular flexibility index (Phi) is 8.77. The van der Waals surface area contributed by atoms with Gasteiger partial charge in [0.1, 0.15) is 15.4 Å². The molecule has 82 valence electrons. The van der Waals surface area contributed by atoms with Crippen molar-refractivity contribution in [3.8, 4) is 0 Å². The van der Waals surface area contributed by atoms with Crippen molar-refractivity contribution in [2.24, 2.45) is 4.99 Å². The van der Waals surface area contributed by atoms with E-state index in [0.717, 1.165) is 6.42 Å². The van der Waals surface area contributed by atoms with Crippen molar-refractivity contribution >= 4 is 15.6 Å². The lowest BCUT2D eigenvalue weighted by Gasteiger charge is -2.18. The molecule has 0 aromatic carbocycles. The molecule has 1 unspecified atom stereocenters. The van der Waals surface area contributed by atoms with Crippen LogP contribution in [-0.2, 0) is 14.3 Å². The summed E-state index contributed by atoms with van der Waals surface area (Å²) >= 11 is 0. The van der Waals surface area contributed by atoms with Gasteiger partial charge in [-0.3, -0.25) is 0 Å². The minimum atomic E-state index is -0.667. The molecule has 0 aliphatic carbocycles. The summed E-state index contributed by atoms with van der Waals surface area (Å²) in [5.41, 5.74) is 0.0931. The van der Waals surface area contributed by atoms with Crippen LogP contribution in [0.5, 0.6) is 0 Å². The zero-order valence-electron chi connectivity index (χ0n) is 9.16. The van der Waals surface area contributed by atoms with E-state index < -0.39 is 9.52 Å². The van der Waals surface area contributed by atoms with Crippen molar-refractivity contribution in [2.45, 2.75) is 38.8 Å². The van der Waals surface area contributed by atoms with E-state index in [9.17, 15) is 4.79 Å². The first-order valence-electron chi connectivity index (χ1n) is 5.08. The van der Waals surface area contributed by atoms with E-state index in [0.29, 0.717) is 13.2 Å². The fraction of sp³-hybridized carbons (Fsp3) is 0.889. The summed E-state index contributed by atoms with van der Waals surface area (Å²) in [5.74, 6) is -0.118. The van der Waals surface area contributed by atoms with Gasteiger partial charge in [0, 0.05) is 13.2 Å². The highest BCUT2D eigenvalue weighted by Gasteiger charge is 2.15. The molecule has 0 radical (unpaired) electrons. The first kappa shape index (κ1) is 13.5. The topological polar surface area (TPSA) is 47.9 Å². The van der Waals surface area contributed by atoms with Crippen LogP contribution in [0, 0.1) is 0 Å². The van der Waals surface area contributed by atoms with Crippen LogP contribution < -0.4 is 0 Å². The summed E-state index contributed by atoms with van der Waals surface area (Å²) in [6, 6.07) is 0. The summed E-state index contributed by atoms with van der Waals surface area (Å²) in [6.45, 7) is 7.15. The number of hydrogen-bond acceptors (Lipinski definition) is 4. The molecule has 0 N–H and O–H groups in total. The number of rotatable bonds is 8. The van der Waals surface area contributed by atoms with Crippen molar-refractivity contribution in [1.29, 1.82) is 0 Å². The maximum absolute atomic E-state index is 10.1. The summed E-state index contributed by atoms with van der Waals surface area (Å²) < 4.78 is 10.8. The van der Waals surface area contributed by atoms with E-state index in [1.165, 1.54) is 0 Å². The molecule has 0 aromatic heterocycles. The Morgan fingerprint density at radius 2 is 1.86 bits per heavy atom. The monoisotopic (exact) mass is 217 g/mol. The Morgan fingerprint density at radius 3 is 2.21 bits per heavy atom. The first-order chi connectivity index (χ1) is 6.78. The van der Waals surface area contributed by atoms with Gasteiger partial charge in [-0.2, -0.15) is 0 Å². The van der Waals surface area contributed by atoms with Crippen LogP contribution in [0.3, 0.4) is 0 Å². The van der Waals surface area contributed by atoms with Gasteiger partial charge in [-0.1, -0.05) is 6.92 Å². The van der Waals surface area contributed by atoms with E-state index in [-0.39, 0.29) is 11.6 Å². The van der Waals surface area contributed by atoms with Crippen molar-refractivity contribution < 1.29 is 14.3 Å². The number of isocyanates is 1. The predicted octanol–water partition coefficient (Wildman–Crippen LogP) is 0.584. The molecule has 0 amide bonds. The zero-order chi connectivity index (χ0) is 10.8. The average molecular weight is 217 g/mol. The molecule has 0 aromatic rings. The SMILES string of the molecule is CCOC(OCC)[SiH2]C(CC)N=C=O. The maximum atomic E-state index is 10.1. The molecular weight excluding hydrogens is 198 g/mol. The molecule has 5 heteroatoms. The molecule has 0 spiro atoms. The fourth-order valence-corrected chi connectivity index (χ4v) is 2.86. The van der Waals surface area contributed by atoms with E-state index in [1.54, 1.807) is 6.08 Å². The molecule has 0 bridgehead atoms. The van der Waals surface area contributed by atoms with Crippen molar-refractivity contribution in [3.63, 3.8) is 0 Å². The minimum absolute atomic E-state index is 0.0931. The van der Waals surface area contributed by atoms with E-state index >= 15 is 0 Å². The Morgan fingerprint density at radius 1 is 1.29 bits per heavy atom. The molecule has 0 aliphatic rings. The lowest BCUT2D eigenvalue weighted by Crippen LogP contribution is -2.32. The summed E-state index contributed by atoms with van der Waals surface area (Å²) in [7, 11) is -0.667. The van der Waals surface area contributed by atoms with Gasteiger partial charge in [-0.15, -0.1) is 0 Å². The number of ether oxygens (including phenoxy) is 2. The molecule has 0 heterocycles. The Labute approximate surface area is 87.5 Å². The largest absolute Gasteiger partial charge is 0.357 e. The van der Waals surface area contributed by atoms with Crippen LogP contribution in [0.25, 0.3) is 0 Å². The molecule has 0 aliphatic heterocycles. The summed E-state index contributed by atoms with van der Waals surface area (Å²) in [5, 5.41) is 0. The predicted molar refractivity (Wildman–Crippen MR) is 57.8 cm³/mol. The van der Waals surface area contributed by atoms with Crippen LogP contribution in [0.1, 0.15) is 27.2 Å². The molecule has 0 saturated carbocycles. The highest BCUT2D eigenvalue weighted by atomic mass is 28.2. The molecule has 0 fully saturated rings. The maximum Gasteiger partial charge on any atom is 0.234 e. The van der Waals surface area contributed by atoms with E-state index in [2.05, 4.69) is 4.99 Å². The van der Waals surface area contributed by atoms with Crippen LogP contribution in [0.15, 0.2) is 4.99 Å². The molecule has 4 nitrogen and oxygen atoms in total. The first-order valence-corrected chi connectivity index (χ1v) is 6.71. The second kappa shape index (κ2) is 9.09. The third-order valence-electron chi connectivity index (χ3n) is 1.88. The van der Waals surface area contributed by atoms with Crippen molar-refractivity contribution in [3.05, 3.63) is 0 Å². The van der Waals surface area contributed by atoms with Crippen LogP contribution in [-0.4, -0.2) is 40.4 Å². The molecule has 0 rings (SSSR count). The van der Waals surface area contributed by atoms with Crippen LogP contribution in [0.2, 0.25) is 0 Å².